The van der Waals surface area contributed by atoms with E-state index in [9.17, 15) is 4.79 Å². The zero-order chi connectivity index (χ0) is 12.1. The molecule has 1 amide bonds. The highest BCUT2D eigenvalue weighted by atomic mass is 79.9. The fraction of sp³-hybridized carbons (Fsp3) is 0.636. The number of amides is 1. The summed E-state index contributed by atoms with van der Waals surface area (Å²) in [6, 6.07) is 1.63. The number of rotatable bonds is 5. The molecule has 5 heteroatoms. The van der Waals surface area contributed by atoms with Gasteiger partial charge in [0.25, 0.3) is 5.91 Å². The summed E-state index contributed by atoms with van der Waals surface area (Å²) in [7, 11) is 0. The minimum absolute atomic E-state index is 0.190. The van der Waals surface area contributed by atoms with E-state index in [1.165, 1.54) is 0 Å². The van der Waals surface area contributed by atoms with Crippen molar-refractivity contribution >= 4 is 21.8 Å². The molecule has 0 aliphatic rings. The van der Waals surface area contributed by atoms with Crippen LogP contribution in [0, 0.1) is 12.8 Å². The van der Waals surface area contributed by atoms with Crippen LogP contribution >= 0.6 is 15.9 Å². The van der Waals surface area contributed by atoms with Crippen LogP contribution < -0.4 is 5.32 Å². The molecule has 0 aliphatic heterocycles. The number of nitrogens with zero attached hydrogens (tertiary/aromatic N) is 1. The van der Waals surface area contributed by atoms with Crippen molar-refractivity contribution in [3.05, 3.63) is 17.5 Å². The second-order valence-corrected chi connectivity index (χ2v) is 5.55. The predicted octanol–water partition coefficient (Wildman–Crippen LogP) is 2.52. The number of hydrogen-bond acceptors (Lipinski definition) is 3. The second kappa shape index (κ2) is 6.03. The summed E-state index contributed by atoms with van der Waals surface area (Å²) >= 11 is 3.53. The number of halogens is 1. The van der Waals surface area contributed by atoms with Gasteiger partial charge in [0.15, 0.2) is 5.69 Å². The Bertz CT molecular complexity index is 350. The molecule has 90 valence electrons. The Kier molecular flexibility index (Phi) is 4.99. The van der Waals surface area contributed by atoms with Gasteiger partial charge < -0.3 is 9.84 Å². The van der Waals surface area contributed by atoms with E-state index in [4.69, 9.17) is 4.52 Å². The Balaban J connectivity index is 2.35. The van der Waals surface area contributed by atoms with Crippen molar-refractivity contribution in [3.8, 4) is 0 Å². The van der Waals surface area contributed by atoms with Crippen molar-refractivity contribution in [2.24, 2.45) is 5.92 Å². The molecule has 0 radical (unpaired) electrons. The summed E-state index contributed by atoms with van der Waals surface area (Å²) in [6.45, 7) is 6.66. The maximum absolute atomic E-state index is 11.6. The lowest BCUT2D eigenvalue weighted by atomic mass is 10.1. The lowest BCUT2D eigenvalue weighted by Crippen LogP contribution is -2.30. The Hall–Kier alpha value is -0.840. The average molecular weight is 289 g/mol. The average Bonchev–Trinajstić information content (AvgIpc) is 2.60. The molecule has 1 atom stereocenters. The van der Waals surface area contributed by atoms with Gasteiger partial charge in [-0.25, -0.2) is 0 Å². The molecule has 0 aromatic carbocycles. The third-order valence-electron chi connectivity index (χ3n) is 2.07. The molecule has 0 saturated carbocycles. The van der Waals surface area contributed by atoms with Crippen LogP contribution in [0.5, 0.6) is 0 Å². The van der Waals surface area contributed by atoms with Crippen molar-refractivity contribution in [3.63, 3.8) is 0 Å². The first-order valence-electron chi connectivity index (χ1n) is 5.34. The molecule has 1 aromatic heterocycles. The largest absolute Gasteiger partial charge is 0.361 e. The van der Waals surface area contributed by atoms with Gasteiger partial charge in [0.1, 0.15) is 5.76 Å². The van der Waals surface area contributed by atoms with Crippen LogP contribution in [0.4, 0.5) is 0 Å². The van der Waals surface area contributed by atoms with E-state index in [1.54, 1.807) is 13.0 Å². The van der Waals surface area contributed by atoms with Crippen molar-refractivity contribution < 1.29 is 9.32 Å². The number of hydrogen-bond donors (Lipinski definition) is 1. The predicted molar refractivity (Wildman–Crippen MR) is 65.7 cm³/mol. The van der Waals surface area contributed by atoms with Crippen molar-refractivity contribution in [1.29, 1.82) is 0 Å². The highest BCUT2D eigenvalue weighted by Crippen LogP contribution is 2.11. The van der Waals surface area contributed by atoms with E-state index < -0.39 is 0 Å². The molecule has 0 fully saturated rings. The van der Waals surface area contributed by atoms with Gasteiger partial charge in [-0.15, -0.1) is 0 Å². The van der Waals surface area contributed by atoms with Crippen LogP contribution in [-0.4, -0.2) is 22.4 Å². The van der Waals surface area contributed by atoms with Gasteiger partial charge >= 0.3 is 0 Å². The van der Waals surface area contributed by atoms with E-state index in [-0.39, 0.29) is 5.91 Å². The summed E-state index contributed by atoms with van der Waals surface area (Å²) in [5.74, 6) is 1.06. The number of nitrogens with one attached hydrogen (secondary N) is 1. The number of aryl methyl sites for hydroxylation is 1. The topological polar surface area (TPSA) is 55.1 Å². The van der Waals surface area contributed by atoms with Crippen LogP contribution in [-0.2, 0) is 0 Å². The Morgan fingerprint density at radius 2 is 2.31 bits per heavy atom. The molecule has 1 aromatic rings. The molecule has 0 saturated heterocycles. The summed E-state index contributed by atoms with van der Waals surface area (Å²) in [6.07, 6.45) is 1.03. The summed E-state index contributed by atoms with van der Waals surface area (Å²) < 4.78 is 4.83. The molecule has 4 nitrogen and oxygen atoms in total. The van der Waals surface area contributed by atoms with E-state index in [1.807, 2.05) is 0 Å². The molecule has 0 spiro atoms. The molecule has 1 unspecified atom stereocenters. The van der Waals surface area contributed by atoms with Crippen LogP contribution in [0.1, 0.15) is 36.5 Å². The Morgan fingerprint density at radius 3 is 2.81 bits per heavy atom. The van der Waals surface area contributed by atoms with Gasteiger partial charge in [-0.3, -0.25) is 4.79 Å². The first-order valence-corrected chi connectivity index (χ1v) is 6.26. The molecule has 1 heterocycles. The smallest absolute Gasteiger partial charge is 0.273 e. The number of aromatic nitrogens is 1. The number of carbonyl (C=O) groups is 1. The first kappa shape index (κ1) is 13.2. The lowest BCUT2D eigenvalue weighted by molar-refractivity contribution is 0.0944. The van der Waals surface area contributed by atoms with Crippen molar-refractivity contribution in [1.82, 2.24) is 10.5 Å². The lowest BCUT2D eigenvalue weighted by Gasteiger charge is -2.12. The number of carbonyl (C=O) groups excluding carboxylic acids is 1. The van der Waals surface area contributed by atoms with Gasteiger partial charge in [-0.2, -0.15) is 0 Å². The molecular weight excluding hydrogens is 272 g/mol. The van der Waals surface area contributed by atoms with Gasteiger partial charge in [0, 0.05) is 17.4 Å². The quantitative estimate of drug-likeness (QED) is 0.847. The van der Waals surface area contributed by atoms with Crippen LogP contribution in [0.25, 0.3) is 0 Å². The molecule has 16 heavy (non-hydrogen) atoms. The van der Waals surface area contributed by atoms with Crippen LogP contribution in [0.3, 0.4) is 0 Å². The Labute approximate surface area is 104 Å². The van der Waals surface area contributed by atoms with Gasteiger partial charge in [-0.05, 0) is 19.3 Å². The zero-order valence-electron chi connectivity index (χ0n) is 9.79. The van der Waals surface area contributed by atoms with E-state index >= 15 is 0 Å². The first-order chi connectivity index (χ1) is 7.49. The van der Waals surface area contributed by atoms with E-state index in [0.717, 1.165) is 6.42 Å². The summed E-state index contributed by atoms with van der Waals surface area (Å²) in [4.78, 5) is 11.9. The monoisotopic (exact) mass is 288 g/mol. The van der Waals surface area contributed by atoms with Crippen LogP contribution in [0.2, 0.25) is 0 Å². The van der Waals surface area contributed by atoms with Crippen LogP contribution in [0.15, 0.2) is 10.6 Å². The standard InChI is InChI=1S/C11H17BrN2O2/c1-7(2)4-9(12)6-13-11(15)10-5-8(3)16-14-10/h5,7,9H,4,6H2,1-3H3,(H,13,15). The summed E-state index contributed by atoms with van der Waals surface area (Å²) in [5.41, 5.74) is 0.335. The number of alkyl halides is 1. The van der Waals surface area contributed by atoms with E-state index in [2.05, 4.69) is 40.3 Å². The molecular formula is C11H17BrN2O2. The van der Waals surface area contributed by atoms with Gasteiger partial charge in [0.2, 0.25) is 0 Å². The molecule has 0 aliphatic carbocycles. The highest BCUT2D eigenvalue weighted by molar-refractivity contribution is 9.09. The van der Waals surface area contributed by atoms with Crippen molar-refractivity contribution in [2.45, 2.75) is 32.0 Å². The maximum Gasteiger partial charge on any atom is 0.273 e. The molecule has 0 bridgehead atoms. The normalized spacial score (nSPS) is 12.8. The third-order valence-corrected chi connectivity index (χ3v) is 2.77. The van der Waals surface area contributed by atoms with E-state index in [0.29, 0.717) is 28.7 Å². The fourth-order valence-corrected chi connectivity index (χ4v) is 2.27. The highest BCUT2D eigenvalue weighted by Gasteiger charge is 2.13. The third kappa shape index (κ3) is 4.35. The minimum Gasteiger partial charge on any atom is -0.361 e. The second-order valence-electron chi connectivity index (χ2n) is 4.26. The zero-order valence-corrected chi connectivity index (χ0v) is 11.4. The molecule has 1 N–H and O–H groups in total. The SMILES string of the molecule is Cc1cc(C(=O)NCC(Br)CC(C)C)no1. The fourth-order valence-electron chi connectivity index (χ4n) is 1.36. The van der Waals surface area contributed by atoms with Gasteiger partial charge in [-0.1, -0.05) is 34.9 Å². The van der Waals surface area contributed by atoms with Crippen molar-refractivity contribution in [2.75, 3.05) is 6.54 Å². The summed E-state index contributed by atoms with van der Waals surface area (Å²) in [5, 5.41) is 6.46. The maximum atomic E-state index is 11.6. The Morgan fingerprint density at radius 1 is 1.62 bits per heavy atom. The molecule has 1 rings (SSSR count). The van der Waals surface area contributed by atoms with Gasteiger partial charge in [0.05, 0.1) is 0 Å². The minimum atomic E-state index is -0.190.